The highest BCUT2D eigenvalue weighted by atomic mass is 16.3. The molecule has 2 saturated heterocycles. The van der Waals surface area contributed by atoms with Crippen LogP contribution in [0.15, 0.2) is 30.3 Å². The predicted octanol–water partition coefficient (Wildman–Crippen LogP) is 3.41. The van der Waals surface area contributed by atoms with Gasteiger partial charge in [0.1, 0.15) is 5.60 Å². The van der Waals surface area contributed by atoms with Gasteiger partial charge in [0.05, 0.1) is 0 Å². The topological polar surface area (TPSA) is 43.8 Å². The molecule has 1 N–H and O–H groups in total. The van der Waals surface area contributed by atoms with Gasteiger partial charge < -0.3 is 10.0 Å². The molecule has 26 heavy (non-hydrogen) atoms. The predicted molar refractivity (Wildman–Crippen MR) is 105 cm³/mol. The number of piperidine rings is 2. The van der Waals surface area contributed by atoms with Crippen LogP contribution in [0.25, 0.3) is 0 Å². The monoisotopic (exact) mass is 358 g/mol. The fourth-order valence-corrected chi connectivity index (χ4v) is 4.40. The summed E-state index contributed by atoms with van der Waals surface area (Å²) in [4.78, 5) is 17.7. The van der Waals surface area contributed by atoms with Gasteiger partial charge in [-0.1, -0.05) is 43.2 Å². The van der Waals surface area contributed by atoms with E-state index >= 15 is 0 Å². The first kappa shape index (κ1) is 19.5. The highest BCUT2D eigenvalue weighted by Gasteiger charge is 2.36. The number of carbonyl (C=O) groups excluding carboxylic acids is 1. The van der Waals surface area contributed by atoms with Crippen LogP contribution in [0.5, 0.6) is 0 Å². The van der Waals surface area contributed by atoms with Gasteiger partial charge in [0.2, 0.25) is 0 Å². The number of benzene rings is 1. The van der Waals surface area contributed by atoms with Crippen LogP contribution in [-0.4, -0.2) is 59.0 Å². The second-order valence-electron chi connectivity index (χ2n) is 8.26. The Bertz CT molecular complexity index is 561. The molecule has 0 spiro atoms. The average Bonchev–Trinajstić information content (AvgIpc) is 2.67. The first-order valence-electron chi connectivity index (χ1n) is 10.3. The molecule has 0 aliphatic carbocycles. The lowest BCUT2D eigenvalue weighted by atomic mass is 9.89. The quantitative estimate of drug-likeness (QED) is 0.811. The maximum atomic E-state index is 13.1. The maximum Gasteiger partial charge on any atom is 0.167 e. The molecule has 4 heteroatoms. The zero-order chi connectivity index (χ0) is 18.4. The number of β-amino-alcohol motifs (C(OH)–C–C–N with tert-alkyl or cyclic N) is 1. The maximum absolute atomic E-state index is 13.1. The lowest BCUT2D eigenvalue weighted by molar-refractivity contribution is -0.139. The fourth-order valence-electron chi connectivity index (χ4n) is 4.40. The summed E-state index contributed by atoms with van der Waals surface area (Å²) in [7, 11) is 0. The van der Waals surface area contributed by atoms with Crippen LogP contribution in [0.1, 0.15) is 63.5 Å². The molecule has 4 nitrogen and oxygen atoms in total. The van der Waals surface area contributed by atoms with Crippen molar-refractivity contribution in [3.8, 4) is 0 Å². The van der Waals surface area contributed by atoms with Crippen molar-refractivity contribution in [3.05, 3.63) is 35.9 Å². The summed E-state index contributed by atoms with van der Waals surface area (Å²) in [5, 5.41) is 10.9. The molecule has 0 amide bonds. The van der Waals surface area contributed by atoms with E-state index in [-0.39, 0.29) is 11.8 Å². The van der Waals surface area contributed by atoms with Crippen LogP contribution >= 0.6 is 0 Å². The van der Waals surface area contributed by atoms with Crippen LogP contribution in [0.2, 0.25) is 0 Å². The van der Waals surface area contributed by atoms with Crippen LogP contribution in [-0.2, 0) is 4.79 Å². The summed E-state index contributed by atoms with van der Waals surface area (Å²) in [6.07, 6.45) is 7.67. The molecule has 2 aliphatic heterocycles. The Hall–Kier alpha value is -1.23. The minimum absolute atomic E-state index is 0.0255. The van der Waals surface area contributed by atoms with E-state index in [1.54, 1.807) is 6.92 Å². The van der Waals surface area contributed by atoms with Gasteiger partial charge in [0.25, 0.3) is 0 Å². The van der Waals surface area contributed by atoms with Gasteiger partial charge in [-0.2, -0.15) is 0 Å². The molecule has 0 bridgehead atoms. The molecule has 2 aliphatic rings. The Morgan fingerprint density at radius 1 is 1.00 bits per heavy atom. The van der Waals surface area contributed by atoms with E-state index in [0.717, 1.165) is 26.2 Å². The largest absolute Gasteiger partial charge is 0.381 e. The van der Waals surface area contributed by atoms with Gasteiger partial charge >= 0.3 is 0 Å². The Kier molecular flexibility index (Phi) is 6.85. The van der Waals surface area contributed by atoms with E-state index in [1.807, 2.05) is 18.2 Å². The summed E-state index contributed by atoms with van der Waals surface area (Å²) in [5.74, 6) is -0.0255. The van der Waals surface area contributed by atoms with Crippen molar-refractivity contribution in [2.24, 2.45) is 0 Å². The zero-order valence-corrected chi connectivity index (χ0v) is 16.2. The average molecular weight is 359 g/mol. The standard InChI is InChI=1S/C22H34N2O2/c1-22(26,18-23-13-7-3-8-14-23)21(25)17-20(19-11-5-2-6-12-19)24-15-9-4-10-16-24/h2,5-6,11-12,20,26H,3-4,7-10,13-18H2,1H3. The van der Waals surface area contributed by atoms with E-state index in [1.165, 1.54) is 44.1 Å². The van der Waals surface area contributed by atoms with Crippen molar-refractivity contribution in [1.82, 2.24) is 9.80 Å². The van der Waals surface area contributed by atoms with Gasteiger partial charge in [0, 0.05) is 19.0 Å². The van der Waals surface area contributed by atoms with Crippen molar-refractivity contribution in [2.75, 3.05) is 32.7 Å². The lowest BCUT2D eigenvalue weighted by Gasteiger charge is -2.37. The number of hydrogen-bond acceptors (Lipinski definition) is 4. The molecule has 1 aromatic carbocycles. The molecule has 0 radical (unpaired) electrons. The fraction of sp³-hybridized carbons (Fsp3) is 0.682. The van der Waals surface area contributed by atoms with Crippen molar-refractivity contribution in [3.63, 3.8) is 0 Å². The molecule has 2 atom stereocenters. The molecular weight excluding hydrogens is 324 g/mol. The summed E-state index contributed by atoms with van der Waals surface area (Å²) >= 11 is 0. The summed E-state index contributed by atoms with van der Waals surface area (Å²) < 4.78 is 0. The number of carbonyl (C=O) groups is 1. The highest BCUT2D eigenvalue weighted by Crippen LogP contribution is 2.30. The van der Waals surface area contributed by atoms with E-state index in [4.69, 9.17) is 0 Å². The lowest BCUT2D eigenvalue weighted by Crippen LogP contribution is -2.49. The molecule has 0 aromatic heterocycles. The highest BCUT2D eigenvalue weighted by molar-refractivity contribution is 5.87. The number of likely N-dealkylation sites (tertiary alicyclic amines) is 2. The first-order chi connectivity index (χ1) is 12.6. The molecular formula is C22H34N2O2. The minimum Gasteiger partial charge on any atom is -0.381 e. The van der Waals surface area contributed by atoms with Crippen LogP contribution in [0, 0.1) is 0 Å². The molecule has 2 fully saturated rings. The smallest absolute Gasteiger partial charge is 0.167 e. The number of hydrogen-bond donors (Lipinski definition) is 1. The van der Waals surface area contributed by atoms with Crippen molar-refractivity contribution < 1.29 is 9.90 Å². The second kappa shape index (κ2) is 9.12. The van der Waals surface area contributed by atoms with Crippen molar-refractivity contribution in [1.29, 1.82) is 0 Å². The number of aliphatic hydroxyl groups is 1. The van der Waals surface area contributed by atoms with Crippen LogP contribution < -0.4 is 0 Å². The molecule has 0 saturated carbocycles. The normalized spacial score (nSPS) is 23.3. The third-order valence-corrected chi connectivity index (χ3v) is 5.98. The van der Waals surface area contributed by atoms with Gasteiger partial charge in [-0.25, -0.2) is 0 Å². The number of rotatable bonds is 7. The Balaban J connectivity index is 1.69. The van der Waals surface area contributed by atoms with Gasteiger partial charge in [-0.05, 0) is 64.3 Å². The second-order valence-corrected chi connectivity index (χ2v) is 8.26. The van der Waals surface area contributed by atoms with Crippen LogP contribution in [0.4, 0.5) is 0 Å². The zero-order valence-electron chi connectivity index (χ0n) is 16.2. The van der Waals surface area contributed by atoms with E-state index in [0.29, 0.717) is 13.0 Å². The molecule has 1 aromatic rings. The van der Waals surface area contributed by atoms with Gasteiger partial charge in [0.15, 0.2) is 5.78 Å². The Morgan fingerprint density at radius 3 is 2.19 bits per heavy atom. The summed E-state index contributed by atoms with van der Waals surface area (Å²) in [6, 6.07) is 10.4. The first-order valence-corrected chi connectivity index (χ1v) is 10.3. The van der Waals surface area contributed by atoms with Crippen LogP contribution in [0.3, 0.4) is 0 Å². The summed E-state index contributed by atoms with van der Waals surface area (Å²) in [6.45, 7) is 6.26. The number of Topliss-reactive ketones (excluding diaryl/α,β-unsaturated/α-hetero) is 1. The SMILES string of the molecule is CC(O)(CN1CCCCC1)C(=O)CC(c1ccccc1)N1CCCCC1. The number of nitrogens with zero attached hydrogens (tertiary/aromatic N) is 2. The molecule has 2 unspecified atom stereocenters. The molecule has 144 valence electrons. The van der Waals surface area contributed by atoms with Crippen molar-refractivity contribution >= 4 is 5.78 Å². The Morgan fingerprint density at radius 2 is 1.58 bits per heavy atom. The third-order valence-electron chi connectivity index (χ3n) is 5.98. The van der Waals surface area contributed by atoms with Gasteiger partial charge in [-0.15, -0.1) is 0 Å². The summed E-state index contributed by atoms with van der Waals surface area (Å²) in [5.41, 5.74) is -0.0725. The third kappa shape index (κ3) is 5.15. The minimum atomic E-state index is -1.26. The Labute approximate surface area is 158 Å². The van der Waals surface area contributed by atoms with Crippen molar-refractivity contribution in [2.45, 2.75) is 63.5 Å². The molecule has 2 heterocycles. The van der Waals surface area contributed by atoms with E-state index in [2.05, 4.69) is 21.9 Å². The van der Waals surface area contributed by atoms with E-state index in [9.17, 15) is 9.90 Å². The van der Waals surface area contributed by atoms with E-state index < -0.39 is 5.60 Å². The van der Waals surface area contributed by atoms with Gasteiger partial charge in [-0.3, -0.25) is 9.69 Å². The molecule has 3 rings (SSSR count). The number of ketones is 1.